The summed E-state index contributed by atoms with van der Waals surface area (Å²) in [5.74, 6) is 1.94. The fourth-order valence-corrected chi connectivity index (χ4v) is 3.32. The van der Waals surface area contributed by atoms with Crippen LogP contribution in [0.2, 0.25) is 0 Å². The summed E-state index contributed by atoms with van der Waals surface area (Å²) < 4.78 is 17.6. The van der Waals surface area contributed by atoms with Crippen LogP contribution >= 0.6 is 0 Å². The van der Waals surface area contributed by atoms with Gasteiger partial charge >= 0.3 is 0 Å². The number of fused-ring (bicyclic) bond motifs is 1. The highest BCUT2D eigenvalue weighted by atomic mass is 32.2. The Morgan fingerprint density at radius 1 is 1.32 bits per heavy atom. The molecule has 2 atom stereocenters. The molecule has 0 radical (unpaired) electrons. The van der Waals surface area contributed by atoms with Gasteiger partial charge in [0.05, 0.1) is 6.04 Å². The van der Waals surface area contributed by atoms with Crippen molar-refractivity contribution >= 4 is 21.8 Å². The van der Waals surface area contributed by atoms with Gasteiger partial charge in [-0.1, -0.05) is 38.0 Å². The number of nitrogens with two attached hydrogens (primary N) is 1. The summed E-state index contributed by atoms with van der Waals surface area (Å²) in [5.41, 5.74) is 6.91. The van der Waals surface area contributed by atoms with E-state index in [1.165, 1.54) is 0 Å². The van der Waals surface area contributed by atoms with Crippen LogP contribution in [0.25, 0.3) is 11.0 Å². The summed E-state index contributed by atoms with van der Waals surface area (Å²) in [4.78, 5) is 0. The lowest BCUT2D eigenvalue weighted by atomic mass is 10.2. The normalized spacial score (nSPS) is 14.6. The molecule has 0 spiro atoms. The molecule has 1 heterocycles. The fourth-order valence-electron chi connectivity index (χ4n) is 2.06. The molecule has 0 amide bonds. The molecule has 1 aromatic heterocycles. The van der Waals surface area contributed by atoms with Gasteiger partial charge in [-0.15, -0.1) is 0 Å². The Hall–Kier alpha value is -1.13. The van der Waals surface area contributed by atoms with Crippen LogP contribution in [0.4, 0.5) is 0 Å². The van der Waals surface area contributed by atoms with E-state index in [1.54, 1.807) is 0 Å². The summed E-state index contributed by atoms with van der Waals surface area (Å²) in [7, 11) is -0.859. The number of furan rings is 1. The lowest BCUT2D eigenvalue weighted by Crippen LogP contribution is -2.19. The Balaban J connectivity index is 1.95. The van der Waals surface area contributed by atoms with Crippen LogP contribution in [-0.4, -0.2) is 15.7 Å². The quantitative estimate of drug-likeness (QED) is 0.791. The van der Waals surface area contributed by atoms with Gasteiger partial charge < -0.3 is 10.2 Å². The third-order valence-electron chi connectivity index (χ3n) is 3.15. The third-order valence-corrected chi connectivity index (χ3v) is 4.63. The van der Waals surface area contributed by atoms with Crippen LogP contribution in [0.1, 0.15) is 38.0 Å². The highest BCUT2D eigenvalue weighted by molar-refractivity contribution is 7.85. The largest absolute Gasteiger partial charge is 0.459 e. The van der Waals surface area contributed by atoms with E-state index in [1.807, 2.05) is 30.3 Å². The van der Waals surface area contributed by atoms with Gasteiger partial charge in [0.15, 0.2) is 0 Å². The Kier molecular flexibility index (Phi) is 5.16. The fraction of sp³-hybridized carbons (Fsp3) is 0.467. The van der Waals surface area contributed by atoms with Gasteiger partial charge in [0.1, 0.15) is 11.3 Å². The Morgan fingerprint density at radius 2 is 2.11 bits per heavy atom. The van der Waals surface area contributed by atoms with Crippen molar-refractivity contribution in [1.82, 2.24) is 0 Å². The molecule has 2 aromatic rings. The average molecular weight is 279 g/mol. The zero-order valence-corrected chi connectivity index (χ0v) is 12.1. The molecular formula is C15H21NO2S. The minimum absolute atomic E-state index is 0.283. The summed E-state index contributed by atoms with van der Waals surface area (Å²) >= 11 is 0. The minimum atomic E-state index is -0.859. The number of hydrogen-bond donors (Lipinski definition) is 1. The number of benzene rings is 1. The summed E-state index contributed by atoms with van der Waals surface area (Å²) in [5, 5.41) is 1.05. The molecule has 3 nitrogen and oxygen atoms in total. The molecule has 104 valence electrons. The van der Waals surface area contributed by atoms with Crippen LogP contribution in [0.3, 0.4) is 0 Å². The Bertz CT molecular complexity index is 517. The SMILES string of the molecule is CCCCCS(=O)CC(N)c1cc2ccccc2o1. The summed E-state index contributed by atoms with van der Waals surface area (Å²) in [6, 6.07) is 9.48. The zero-order valence-electron chi connectivity index (χ0n) is 11.3. The monoisotopic (exact) mass is 279 g/mol. The van der Waals surface area contributed by atoms with Crippen molar-refractivity contribution in [1.29, 1.82) is 0 Å². The van der Waals surface area contributed by atoms with Gasteiger partial charge in [-0.3, -0.25) is 4.21 Å². The molecule has 1 aromatic carbocycles. The zero-order chi connectivity index (χ0) is 13.7. The van der Waals surface area contributed by atoms with Crippen molar-refractivity contribution in [2.75, 3.05) is 11.5 Å². The van der Waals surface area contributed by atoms with Crippen LogP contribution < -0.4 is 5.73 Å². The number of unbranched alkanes of at least 4 members (excludes halogenated alkanes) is 2. The topological polar surface area (TPSA) is 56.2 Å². The Labute approximate surface area is 116 Å². The van der Waals surface area contributed by atoms with Crippen LogP contribution in [0.5, 0.6) is 0 Å². The third kappa shape index (κ3) is 3.91. The van der Waals surface area contributed by atoms with Gasteiger partial charge in [0.2, 0.25) is 0 Å². The smallest absolute Gasteiger partial charge is 0.134 e. The van der Waals surface area contributed by atoms with E-state index >= 15 is 0 Å². The lowest BCUT2D eigenvalue weighted by Gasteiger charge is -2.08. The highest BCUT2D eigenvalue weighted by Crippen LogP contribution is 2.23. The molecule has 0 aliphatic carbocycles. The van der Waals surface area contributed by atoms with Gasteiger partial charge in [0, 0.05) is 27.7 Å². The molecule has 0 saturated carbocycles. The standard InChI is InChI=1S/C15H21NO2S/c1-2-3-6-9-19(17)11-13(16)15-10-12-7-4-5-8-14(12)18-15/h4-5,7-8,10,13H,2-3,6,9,11,16H2,1H3. The summed E-state index contributed by atoms with van der Waals surface area (Å²) in [6.07, 6.45) is 3.29. The highest BCUT2D eigenvalue weighted by Gasteiger charge is 2.14. The molecule has 2 N–H and O–H groups in total. The second kappa shape index (κ2) is 6.87. The van der Waals surface area contributed by atoms with E-state index in [2.05, 4.69) is 6.92 Å². The van der Waals surface area contributed by atoms with Crippen molar-refractivity contribution in [3.8, 4) is 0 Å². The molecule has 4 heteroatoms. The second-order valence-corrected chi connectivity index (χ2v) is 6.43. The maximum atomic E-state index is 11.9. The maximum Gasteiger partial charge on any atom is 0.134 e. The van der Waals surface area contributed by atoms with Crippen molar-refractivity contribution in [3.05, 3.63) is 36.1 Å². The second-order valence-electron chi connectivity index (χ2n) is 4.81. The molecule has 19 heavy (non-hydrogen) atoms. The predicted octanol–water partition coefficient (Wildman–Crippen LogP) is 3.37. The average Bonchev–Trinajstić information content (AvgIpc) is 2.83. The maximum absolute atomic E-state index is 11.9. The van der Waals surface area contributed by atoms with Crippen LogP contribution in [-0.2, 0) is 10.8 Å². The molecule has 0 bridgehead atoms. The number of hydrogen-bond acceptors (Lipinski definition) is 3. The van der Waals surface area contributed by atoms with E-state index in [4.69, 9.17) is 10.2 Å². The van der Waals surface area contributed by atoms with E-state index < -0.39 is 10.8 Å². The van der Waals surface area contributed by atoms with E-state index in [-0.39, 0.29) is 6.04 Å². The van der Waals surface area contributed by atoms with Crippen molar-refractivity contribution in [2.45, 2.75) is 32.2 Å². The lowest BCUT2D eigenvalue weighted by molar-refractivity contribution is 0.513. The molecule has 0 aliphatic heterocycles. The van der Waals surface area contributed by atoms with Gasteiger partial charge in [0.25, 0.3) is 0 Å². The first-order valence-electron chi connectivity index (χ1n) is 6.79. The van der Waals surface area contributed by atoms with E-state index in [0.29, 0.717) is 5.75 Å². The molecular weight excluding hydrogens is 258 g/mol. The first-order chi connectivity index (χ1) is 9.20. The molecule has 0 fully saturated rings. The van der Waals surface area contributed by atoms with Gasteiger partial charge in [-0.2, -0.15) is 0 Å². The molecule has 0 saturated heterocycles. The predicted molar refractivity (Wildman–Crippen MR) is 80.5 cm³/mol. The first-order valence-corrected chi connectivity index (χ1v) is 8.28. The number of para-hydroxylation sites is 1. The molecule has 0 aliphatic rings. The van der Waals surface area contributed by atoms with E-state index in [9.17, 15) is 4.21 Å². The van der Waals surface area contributed by atoms with Gasteiger partial charge in [-0.05, 0) is 18.6 Å². The molecule has 2 unspecified atom stereocenters. The Morgan fingerprint density at radius 3 is 2.84 bits per heavy atom. The van der Waals surface area contributed by atoms with Crippen molar-refractivity contribution < 1.29 is 8.63 Å². The molecule has 2 rings (SSSR count). The van der Waals surface area contributed by atoms with E-state index in [0.717, 1.165) is 41.7 Å². The van der Waals surface area contributed by atoms with Crippen LogP contribution in [0.15, 0.2) is 34.7 Å². The number of rotatable bonds is 7. The van der Waals surface area contributed by atoms with Crippen LogP contribution in [0, 0.1) is 0 Å². The van der Waals surface area contributed by atoms with Crippen molar-refractivity contribution in [3.63, 3.8) is 0 Å². The van der Waals surface area contributed by atoms with Gasteiger partial charge in [-0.25, -0.2) is 0 Å². The summed E-state index contributed by atoms with van der Waals surface area (Å²) in [6.45, 7) is 2.14. The minimum Gasteiger partial charge on any atom is -0.459 e. The first kappa shape index (κ1) is 14.3. The van der Waals surface area contributed by atoms with Crippen molar-refractivity contribution in [2.24, 2.45) is 5.73 Å².